The Morgan fingerprint density at radius 3 is 2.50 bits per heavy atom. The fourth-order valence-corrected chi connectivity index (χ4v) is 4.03. The fraction of sp³-hybridized carbons (Fsp3) is 0.318. The molecule has 1 aromatic heterocycles. The van der Waals surface area contributed by atoms with Crippen molar-refractivity contribution in [1.82, 2.24) is 14.8 Å². The van der Waals surface area contributed by atoms with Gasteiger partial charge in [0.15, 0.2) is 11.0 Å². The monoisotopic (exact) mass is 443 g/mol. The largest absolute Gasteiger partial charge is 0.372 e. The summed E-state index contributed by atoms with van der Waals surface area (Å²) in [6.45, 7) is 8.16. The van der Waals surface area contributed by atoms with Crippen molar-refractivity contribution in [3.63, 3.8) is 0 Å². The third-order valence-electron chi connectivity index (χ3n) is 4.90. The molecule has 1 amide bonds. The molecule has 0 aliphatic rings. The molecule has 6 nitrogen and oxygen atoms in total. The first-order valence-electron chi connectivity index (χ1n) is 9.86. The van der Waals surface area contributed by atoms with Crippen LogP contribution in [-0.4, -0.2) is 39.5 Å². The summed E-state index contributed by atoms with van der Waals surface area (Å²) in [5.74, 6) is 0.895. The van der Waals surface area contributed by atoms with Gasteiger partial charge in [-0.1, -0.05) is 29.4 Å². The number of amides is 1. The second kappa shape index (κ2) is 10.00. The smallest absolute Gasteiger partial charge is 0.234 e. The molecule has 0 bridgehead atoms. The summed E-state index contributed by atoms with van der Waals surface area (Å²) in [7, 11) is 1.91. The summed E-state index contributed by atoms with van der Waals surface area (Å²) in [5, 5.41) is 12.8. The molecule has 3 aromatic rings. The number of benzene rings is 2. The second-order valence-corrected chi connectivity index (χ2v) is 8.26. The Balaban J connectivity index is 1.65. The fourth-order valence-electron chi connectivity index (χ4n) is 3.15. The van der Waals surface area contributed by atoms with Crippen LogP contribution >= 0.6 is 23.4 Å². The number of hydrogen-bond donors (Lipinski definition) is 1. The summed E-state index contributed by atoms with van der Waals surface area (Å²) < 4.78 is 1.91. The van der Waals surface area contributed by atoms with Gasteiger partial charge < -0.3 is 14.8 Å². The number of hydrogen-bond acceptors (Lipinski definition) is 5. The van der Waals surface area contributed by atoms with Gasteiger partial charge in [-0.3, -0.25) is 4.79 Å². The molecule has 0 saturated carbocycles. The predicted molar refractivity (Wildman–Crippen MR) is 126 cm³/mol. The first-order chi connectivity index (χ1) is 14.4. The van der Waals surface area contributed by atoms with Crippen molar-refractivity contribution in [2.75, 3.05) is 29.1 Å². The number of halogens is 1. The molecule has 2 aromatic carbocycles. The zero-order valence-corrected chi connectivity index (χ0v) is 19.2. The minimum absolute atomic E-state index is 0.113. The molecule has 0 aliphatic carbocycles. The van der Waals surface area contributed by atoms with Crippen molar-refractivity contribution in [2.24, 2.45) is 7.05 Å². The van der Waals surface area contributed by atoms with Crippen LogP contribution in [0.2, 0.25) is 5.02 Å². The molecule has 1 heterocycles. The maximum absolute atomic E-state index is 12.4. The Kier molecular flexibility index (Phi) is 7.39. The van der Waals surface area contributed by atoms with Gasteiger partial charge in [0.1, 0.15) is 0 Å². The average molecular weight is 444 g/mol. The first kappa shape index (κ1) is 22.2. The number of aryl methyl sites for hydroxylation is 1. The van der Waals surface area contributed by atoms with E-state index in [2.05, 4.69) is 58.5 Å². The molecule has 0 radical (unpaired) electrons. The summed E-state index contributed by atoms with van der Waals surface area (Å²) in [6.07, 6.45) is 0. The van der Waals surface area contributed by atoms with E-state index >= 15 is 0 Å². The number of nitrogens with one attached hydrogen (secondary N) is 1. The molecule has 30 heavy (non-hydrogen) atoms. The first-order valence-corrected chi connectivity index (χ1v) is 11.2. The number of thioether (sulfide) groups is 1. The number of nitrogens with zero attached hydrogens (tertiary/aromatic N) is 4. The summed E-state index contributed by atoms with van der Waals surface area (Å²) in [5.41, 5.74) is 3.87. The minimum atomic E-state index is -0.113. The lowest BCUT2D eigenvalue weighted by Gasteiger charge is -2.21. The lowest BCUT2D eigenvalue weighted by Crippen LogP contribution is -2.21. The Morgan fingerprint density at radius 1 is 1.13 bits per heavy atom. The molecule has 1 N–H and O–H groups in total. The van der Waals surface area contributed by atoms with Gasteiger partial charge in [-0.05, 0) is 62.7 Å². The Labute approximate surface area is 186 Å². The van der Waals surface area contributed by atoms with E-state index in [-0.39, 0.29) is 11.7 Å². The SMILES string of the molecule is CCN(CC)c1ccc(-c2nnc(SCC(=O)Nc3cc(Cl)ccc3C)n2C)cc1. The van der Waals surface area contributed by atoms with Crippen LogP contribution in [0.25, 0.3) is 11.4 Å². The summed E-state index contributed by atoms with van der Waals surface area (Å²) >= 11 is 7.37. The average Bonchev–Trinajstić information content (AvgIpc) is 3.11. The van der Waals surface area contributed by atoms with Crippen molar-refractivity contribution < 1.29 is 4.79 Å². The van der Waals surface area contributed by atoms with E-state index in [0.29, 0.717) is 10.2 Å². The molecule has 3 rings (SSSR count). The van der Waals surface area contributed by atoms with E-state index in [0.717, 1.165) is 35.7 Å². The third kappa shape index (κ3) is 5.15. The van der Waals surface area contributed by atoms with E-state index < -0.39 is 0 Å². The number of carbonyl (C=O) groups is 1. The highest BCUT2D eigenvalue weighted by molar-refractivity contribution is 7.99. The second-order valence-electron chi connectivity index (χ2n) is 6.88. The summed E-state index contributed by atoms with van der Waals surface area (Å²) in [6, 6.07) is 13.8. The van der Waals surface area contributed by atoms with Crippen LogP contribution in [0.1, 0.15) is 19.4 Å². The number of aromatic nitrogens is 3. The number of anilines is 2. The van der Waals surface area contributed by atoms with E-state index in [9.17, 15) is 4.79 Å². The molecule has 0 unspecified atom stereocenters. The van der Waals surface area contributed by atoms with Gasteiger partial charge in [-0.25, -0.2) is 0 Å². The highest BCUT2D eigenvalue weighted by Gasteiger charge is 2.14. The maximum atomic E-state index is 12.4. The van der Waals surface area contributed by atoms with Crippen LogP contribution in [-0.2, 0) is 11.8 Å². The number of carbonyl (C=O) groups excluding carboxylic acids is 1. The minimum Gasteiger partial charge on any atom is -0.372 e. The molecule has 158 valence electrons. The van der Waals surface area contributed by atoms with Crippen molar-refractivity contribution in [1.29, 1.82) is 0 Å². The van der Waals surface area contributed by atoms with E-state index in [4.69, 9.17) is 11.6 Å². The van der Waals surface area contributed by atoms with Gasteiger partial charge >= 0.3 is 0 Å². The lowest BCUT2D eigenvalue weighted by atomic mass is 10.2. The van der Waals surface area contributed by atoms with Gasteiger partial charge in [-0.2, -0.15) is 0 Å². The molecule has 0 spiro atoms. The van der Waals surface area contributed by atoms with Crippen LogP contribution in [0.5, 0.6) is 0 Å². The predicted octanol–water partition coefficient (Wildman–Crippen LogP) is 5.02. The quantitative estimate of drug-likeness (QED) is 0.495. The van der Waals surface area contributed by atoms with Crippen molar-refractivity contribution in [3.05, 3.63) is 53.1 Å². The van der Waals surface area contributed by atoms with Crippen molar-refractivity contribution in [3.8, 4) is 11.4 Å². The number of rotatable bonds is 8. The Morgan fingerprint density at radius 2 is 1.83 bits per heavy atom. The molecule has 8 heteroatoms. The highest BCUT2D eigenvalue weighted by atomic mass is 35.5. The van der Waals surface area contributed by atoms with Gasteiger partial charge in [0.2, 0.25) is 5.91 Å². The van der Waals surface area contributed by atoms with E-state index in [1.165, 1.54) is 17.4 Å². The molecular formula is C22H26ClN5OS. The zero-order chi connectivity index (χ0) is 21.7. The van der Waals surface area contributed by atoms with E-state index in [1.54, 1.807) is 12.1 Å². The van der Waals surface area contributed by atoms with Crippen molar-refractivity contribution in [2.45, 2.75) is 25.9 Å². The molecule has 0 aliphatic heterocycles. The topological polar surface area (TPSA) is 63.1 Å². The van der Waals surface area contributed by atoms with Gasteiger partial charge in [0.25, 0.3) is 0 Å². The normalized spacial score (nSPS) is 10.8. The van der Waals surface area contributed by atoms with Gasteiger partial charge in [0.05, 0.1) is 5.75 Å². The third-order valence-corrected chi connectivity index (χ3v) is 6.15. The molecule has 0 saturated heterocycles. The van der Waals surface area contributed by atoms with Crippen LogP contribution in [0.4, 0.5) is 11.4 Å². The molecule has 0 fully saturated rings. The molecule has 0 atom stereocenters. The lowest BCUT2D eigenvalue weighted by molar-refractivity contribution is -0.113. The van der Waals surface area contributed by atoms with Crippen LogP contribution in [0.3, 0.4) is 0 Å². The Bertz CT molecular complexity index is 1010. The van der Waals surface area contributed by atoms with Crippen molar-refractivity contribution >= 4 is 40.6 Å². The van der Waals surface area contributed by atoms with Crippen LogP contribution < -0.4 is 10.2 Å². The van der Waals surface area contributed by atoms with Gasteiger partial charge in [0, 0.05) is 42.1 Å². The van der Waals surface area contributed by atoms with Crippen LogP contribution in [0.15, 0.2) is 47.6 Å². The summed E-state index contributed by atoms with van der Waals surface area (Å²) in [4.78, 5) is 14.7. The standard InChI is InChI=1S/C22H26ClN5OS/c1-5-28(6-2)18-11-8-16(9-12-18)21-25-26-22(27(21)4)30-14-20(29)24-19-13-17(23)10-7-15(19)3/h7-13H,5-6,14H2,1-4H3,(H,24,29). The van der Waals surface area contributed by atoms with E-state index in [1.807, 2.05) is 24.6 Å². The zero-order valence-electron chi connectivity index (χ0n) is 17.6. The van der Waals surface area contributed by atoms with Gasteiger partial charge in [-0.15, -0.1) is 10.2 Å². The molecular weight excluding hydrogens is 418 g/mol. The Hall–Kier alpha value is -2.51. The highest BCUT2D eigenvalue weighted by Crippen LogP contribution is 2.26. The van der Waals surface area contributed by atoms with Crippen LogP contribution in [0, 0.1) is 6.92 Å². The maximum Gasteiger partial charge on any atom is 0.234 e.